The van der Waals surface area contributed by atoms with Crippen LogP contribution in [0.15, 0.2) is 5.38 Å². The molecule has 2 nitrogen and oxygen atoms in total. The third-order valence-electron chi connectivity index (χ3n) is 3.15. The van der Waals surface area contributed by atoms with Gasteiger partial charge in [-0.2, -0.15) is 0 Å². The van der Waals surface area contributed by atoms with Crippen LogP contribution in [0.1, 0.15) is 42.4 Å². The van der Waals surface area contributed by atoms with Crippen molar-refractivity contribution in [3.8, 4) is 0 Å². The Morgan fingerprint density at radius 1 is 1.43 bits per heavy atom. The van der Waals surface area contributed by atoms with Crippen LogP contribution in [-0.2, 0) is 6.42 Å². The highest BCUT2D eigenvalue weighted by atomic mass is 32.1. The van der Waals surface area contributed by atoms with Crippen molar-refractivity contribution in [1.82, 2.24) is 10.3 Å². The van der Waals surface area contributed by atoms with E-state index in [9.17, 15) is 0 Å². The fourth-order valence-electron chi connectivity index (χ4n) is 2.08. The van der Waals surface area contributed by atoms with Gasteiger partial charge in [-0.25, -0.2) is 4.98 Å². The van der Waals surface area contributed by atoms with Crippen LogP contribution in [0.2, 0.25) is 0 Å². The molecule has 0 amide bonds. The molecule has 0 radical (unpaired) electrons. The summed E-state index contributed by atoms with van der Waals surface area (Å²) >= 11 is 1.85. The summed E-state index contributed by atoms with van der Waals surface area (Å²) in [7, 11) is 0. The summed E-state index contributed by atoms with van der Waals surface area (Å²) < 4.78 is 0. The third-order valence-corrected chi connectivity index (χ3v) is 4.04. The number of nitrogens with one attached hydrogen (secondary N) is 1. The molecule has 76 valence electrons. The molecule has 1 aliphatic carbocycles. The van der Waals surface area contributed by atoms with Crippen molar-refractivity contribution in [3.63, 3.8) is 0 Å². The minimum Gasteiger partial charge on any atom is -0.309 e. The highest BCUT2D eigenvalue weighted by Gasteiger charge is 2.24. The van der Waals surface area contributed by atoms with E-state index >= 15 is 0 Å². The van der Waals surface area contributed by atoms with E-state index in [1.807, 2.05) is 11.3 Å². The van der Waals surface area contributed by atoms with Gasteiger partial charge in [0, 0.05) is 11.8 Å². The molecule has 1 saturated carbocycles. The number of hydrogen-bond donors (Lipinski definition) is 1. The van der Waals surface area contributed by atoms with E-state index in [1.54, 1.807) is 0 Å². The van der Waals surface area contributed by atoms with Crippen molar-refractivity contribution in [2.45, 2.75) is 38.1 Å². The smallest absolute Gasteiger partial charge is 0.0931 e. The fraction of sp³-hybridized carbons (Fsp3) is 0.727. The highest BCUT2D eigenvalue weighted by molar-refractivity contribution is 7.09. The topological polar surface area (TPSA) is 24.9 Å². The van der Waals surface area contributed by atoms with Crippen LogP contribution in [0.25, 0.3) is 0 Å². The Hall–Kier alpha value is -0.410. The minimum absolute atomic E-state index is 0.555. The molecular formula is C11H16N2S. The van der Waals surface area contributed by atoms with Gasteiger partial charge >= 0.3 is 0 Å². The molecule has 1 saturated heterocycles. The maximum Gasteiger partial charge on any atom is 0.0931 e. The van der Waals surface area contributed by atoms with E-state index in [-0.39, 0.29) is 0 Å². The van der Waals surface area contributed by atoms with Crippen molar-refractivity contribution in [3.05, 3.63) is 16.1 Å². The van der Waals surface area contributed by atoms with Gasteiger partial charge in [0.1, 0.15) is 0 Å². The lowest BCUT2D eigenvalue weighted by Gasteiger charge is -2.04. The Kier molecular flexibility index (Phi) is 2.30. The van der Waals surface area contributed by atoms with Crippen molar-refractivity contribution in [2.75, 3.05) is 6.54 Å². The summed E-state index contributed by atoms with van der Waals surface area (Å²) in [5.41, 5.74) is 1.29. The van der Waals surface area contributed by atoms with Crippen molar-refractivity contribution in [1.29, 1.82) is 0 Å². The second-order valence-corrected chi connectivity index (χ2v) is 5.41. The Bertz CT molecular complexity index is 311. The van der Waals surface area contributed by atoms with E-state index in [4.69, 9.17) is 4.98 Å². The van der Waals surface area contributed by atoms with E-state index in [2.05, 4.69) is 10.7 Å². The molecule has 3 heteroatoms. The SMILES string of the molecule is c1sc(CC2CC2)nc1[C@@H]1CCCN1. The van der Waals surface area contributed by atoms with Crippen LogP contribution in [0, 0.1) is 5.92 Å². The summed E-state index contributed by atoms with van der Waals surface area (Å²) in [6, 6.07) is 0.555. The predicted octanol–water partition coefficient (Wildman–Crippen LogP) is 2.52. The Morgan fingerprint density at radius 2 is 2.36 bits per heavy atom. The molecule has 2 fully saturated rings. The van der Waals surface area contributed by atoms with Gasteiger partial charge in [-0.3, -0.25) is 0 Å². The zero-order valence-corrected chi connectivity index (χ0v) is 9.15. The second kappa shape index (κ2) is 3.63. The lowest BCUT2D eigenvalue weighted by molar-refractivity contribution is 0.628. The average molecular weight is 208 g/mol. The highest BCUT2D eigenvalue weighted by Crippen LogP contribution is 2.34. The maximum atomic E-state index is 4.73. The Morgan fingerprint density at radius 3 is 3.07 bits per heavy atom. The zero-order valence-electron chi connectivity index (χ0n) is 8.33. The van der Waals surface area contributed by atoms with Gasteiger partial charge in [-0.05, 0) is 38.1 Å². The van der Waals surface area contributed by atoms with E-state index in [0.717, 1.165) is 5.92 Å². The van der Waals surface area contributed by atoms with Gasteiger partial charge in [-0.15, -0.1) is 11.3 Å². The molecule has 0 bridgehead atoms. The number of rotatable bonds is 3. The van der Waals surface area contributed by atoms with Gasteiger partial charge in [0.05, 0.1) is 16.7 Å². The first-order valence-electron chi connectivity index (χ1n) is 5.59. The van der Waals surface area contributed by atoms with Crippen LogP contribution in [0.5, 0.6) is 0 Å². The molecule has 1 atom stereocenters. The molecule has 1 aliphatic heterocycles. The monoisotopic (exact) mass is 208 g/mol. The molecule has 1 N–H and O–H groups in total. The summed E-state index contributed by atoms with van der Waals surface area (Å²) in [5, 5.41) is 7.11. The molecule has 2 aliphatic rings. The van der Waals surface area contributed by atoms with E-state index in [1.165, 1.54) is 49.4 Å². The van der Waals surface area contributed by atoms with Gasteiger partial charge in [-0.1, -0.05) is 0 Å². The predicted molar refractivity (Wildman–Crippen MR) is 58.5 cm³/mol. The quantitative estimate of drug-likeness (QED) is 0.825. The first-order valence-corrected chi connectivity index (χ1v) is 6.47. The largest absolute Gasteiger partial charge is 0.309 e. The van der Waals surface area contributed by atoms with E-state index in [0.29, 0.717) is 6.04 Å². The molecule has 2 heterocycles. The second-order valence-electron chi connectivity index (χ2n) is 4.46. The van der Waals surface area contributed by atoms with Crippen LogP contribution in [-0.4, -0.2) is 11.5 Å². The number of thiazole rings is 1. The third kappa shape index (κ3) is 1.84. The van der Waals surface area contributed by atoms with Gasteiger partial charge in [0.25, 0.3) is 0 Å². The fourth-order valence-corrected chi connectivity index (χ4v) is 3.05. The van der Waals surface area contributed by atoms with Gasteiger partial charge < -0.3 is 5.32 Å². The van der Waals surface area contributed by atoms with E-state index < -0.39 is 0 Å². The van der Waals surface area contributed by atoms with Crippen LogP contribution in [0.4, 0.5) is 0 Å². The molecular weight excluding hydrogens is 192 g/mol. The van der Waals surface area contributed by atoms with Crippen LogP contribution >= 0.6 is 11.3 Å². The molecule has 0 aromatic carbocycles. The number of nitrogens with zero attached hydrogens (tertiary/aromatic N) is 1. The molecule has 0 spiro atoms. The Balaban J connectivity index is 1.68. The standard InChI is InChI=1S/C11H16N2S/c1-2-9(12-5-1)10-7-14-11(13-10)6-8-3-4-8/h7-9,12H,1-6H2/t9-/m0/s1. The van der Waals surface area contributed by atoms with Crippen molar-refractivity contribution < 1.29 is 0 Å². The lowest BCUT2D eigenvalue weighted by atomic mass is 10.2. The molecule has 14 heavy (non-hydrogen) atoms. The lowest BCUT2D eigenvalue weighted by Crippen LogP contribution is -2.13. The van der Waals surface area contributed by atoms with Crippen LogP contribution in [0.3, 0.4) is 0 Å². The molecule has 1 aromatic rings. The Labute approximate surface area is 88.7 Å². The van der Waals surface area contributed by atoms with Gasteiger partial charge in [0.2, 0.25) is 0 Å². The first-order chi connectivity index (χ1) is 6.92. The molecule has 1 aromatic heterocycles. The van der Waals surface area contributed by atoms with Crippen LogP contribution < -0.4 is 5.32 Å². The van der Waals surface area contributed by atoms with Crippen molar-refractivity contribution in [2.24, 2.45) is 5.92 Å². The summed E-state index contributed by atoms with van der Waals surface area (Å²) in [4.78, 5) is 4.73. The maximum absolute atomic E-state index is 4.73. The number of aromatic nitrogens is 1. The molecule has 0 unspecified atom stereocenters. The normalized spacial score (nSPS) is 27.0. The zero-order chi connectivity index (χ0) is 9.38. The number of hydrogen-bond acceptors (Lipinski definition) is 3. The first kappa shape index (κ1) is 8.86. The summed E-state index contributed by atoms with van der Waals surface area (Å²) in [6.45, 7) is 1.17. The molecule has 3 rings (SSSR count). The minimum atomic E-state index is 0.555. The van der Waals surface area contributed by atoms with Gasteiger partial charge in [0.15, 0.2) is 0 Å². The average Bonchev–Trinajstić information content (AvgIpc) is 2.71. The summed E-state index contributed by atoms with van der Waals surface area (Å²) in [6.07, 6.45) is 6.66. The van der Waals surface area contributed by atoms with Crippen molar-refractivity contribution >= 4 is 11.3 Å². The summed E-state index contributed by atoms with van der Waals surface area (Å²) in [5.74, 6) is 0.963.